The number of morpholine rings is 1. The zero-order valence-corrected chi connectivity index (χ0v) is 17.6. The van der Waals surface area contributed by atoms with Gasteiger partial charge in [0.15, 0.2) is 0 Å². The summed E-state index contributed by atoms with van der Waals surface area (Å²) in [5, 5.41) is 16.5. The van der Waals surface area contributed by atoms with E-state index in [1.165, 1.54) is 6.07 Å². The van der Waals surface area contributed by atoms with Crippen LogP contribution in [0.3, 0.4) is 0 Å². The number of aryl methyl sites for hydroxylation is 2. The van der Waals surface area contributed by atoms with E-state index >= 15 is 0 Å². The monoisotopic (exact) mass is 413 g/mol. The van der Waals surface area contributed by atoms with Gasteiger partial charge in [0.25, 0.3) is 11.6 Å². The third kappa shape index (κ3) is 3.54. The van der Waals surface area contributed by atoms with Crippen molar-refractivity contribution in [3.05, 3.63) is 50.8 Å². The first kappa shape index (κ1) is 20.3. The van der Waals surface area contributed by atoms with E-state index in [1.54, 1.807) is 17.0 Å². The molecule has 30 heavy (non-hydrogen) atoms. The molecular weight excluding hydrogens is 386 g/mol. The maximum absolute atomic E-state index is 12.8. The number of hydrogen-bond acceptors (Lipinski definition) is 6. The Morgan fingerprint density at radius 3 is 2.60 bits per heavy atom. The smallest absolute Gasteiger partial charge is 0.293 e. The highest BCUT2D eigenvalue weighted by molar-refractivity contribution is 5.96. The van der Waals surface area contributed by atoms with E-state index in [9.17, 15) is 14.9 Å². The van der Waals surface area contributed by atoms with Gasteiger partial charge < -0.3 is 14.5 Å². The molecule has 1 aromatic carbocycles. The fourth-order valence-electron chi connectivity index (χ4n) is 4.62. The summed E-state index contributed by atoms with van der Waals surface area (Å²) in [4.78, 5) is 28.1. The average Bonchev–Trinajstić information content (AvgIpc) is 3.31. The molecule has 0 radical (unpaired) electrons. The Labute approximate surface area is 175 Å². The number of carbonyl (C=O) groups is 1. The van der Waals surface area contributed by atoms with Crippen LogP contribution in [0.15, 0.2) is 18.2 Å². The second kappa shape index (κ2) is 8.06. The second-order valence-corrected chi connectivity index (χ2v) is 7.92. The summed E-state index contributed by atoms with van der Waals surface area (Å²) < 4.78 is 7.15. The molecule has 9 heteroatoms. The molecule has 2 aliphatic rings. The number of nitro groups is 1. The van der Waals surface area contributed by atoms with Crippen LogP contribution in [-0.4, -0.2) is 58.4 Å². The minimum absolute atomic E-state index is 0.0276. The summed E-state index contributed by atoms with van der Waals surface area (Å²) in [6, 6.07) is 4.90. The van der Waals surface area contributed by atoms with Crippen LogP contribution in [0.5, 0.6) is 0 Å². The fourth-order valence-corrected chi connectivity index (χ4v) is 4.62. The molecule has 0 saturated carbocycles. The first-order chi connectivity index (χ1) is 14.4. The Morgan fingerprint density at radius 1 is 1.23 bits per heavy atom. The van der Waals surface area contributed by atoms with Crippen molar-refractivity contribution in [1.82, 2.24) is 14.7 Å². The lowest BCUT2D eigenvalue weighted by atomic mass is 10.0. The Hall–Kier alpha value is -2.94. The van der Waals surface area contributed by atoms with Gasteiger partial charge in [-0.3, -0.25) is 19.6 Å². The van der Waals surface area contributed by atoms with Gasteiger partial charge in [-0.05, 0) is 38.8 Å². The minimum Gasteiger partial charge on any atom is -0.378 e. The molecule has 2 aliphatic heterocycles. The van der Waals surface area contributed by atoms with Gasteiger partial charge in [0.1, 0.15) is 5.69 Å². The minimum atomic E-state index is -0.385. The van der Waals surface area contributed by atoms with E-state index in [-0.39, 0.29) is 22.6 Å². The van der Waals surface area contributed by atoms with E-state index in [0.29, 0.717) is 37.6 Å². The zero-order chi connectivity index (χ0) is 21.4. The number of anilines is 1. The number of rotatable bonds is 4. The lowest BCUT2D eigenvalue weighted by Gasteiger charge is -2.28. The Balaban J connectivity index is 1.69. The van der Waals surface area contributed by atoms with Crippen molar-refractivity contribution in [2.45, 2.75) is 32.7 Å². The Morgan fingerprint density at radius 2 is 1.97 bits per heavy atom. The third-order valence-corrected chi connectivity index (χ3v) is 6.18. The molecule has 1 unspecified atom stereocenters. The molecule has 1 amide bonds. The Bertz CT molecular complexity index is 980. The maximum Gasteiger partial charge on any atom is 0.293 e. The largest absolute Gasteiger partial charge is 0.378 e. The van der Waals surface area contributed by atoms with Gasteiger partial charge in [0.05, 0.1) is 29.9 Å². The number of amides is 1. The lowest BCUT2D eigenvalue weighted by Crippen LogP contribution is -2.40. The van der Waals surface area contributed by atoms with Gasteiger partial charge in [-0.1, -0.05) is 0 Å². The molecule has 0 bridgehead atoms. The van der Waals surface area contributed by atoms with E-state index in [1.807, 2.05) is 25.6 Å². The van der Waals surface area contributed by atoms with Crippen LogP contribution in [0.2, 0.25) is 0 Å². The van der Waals surface area contributed by atoms with Crippen LogP contribution in [0, 0.1) is 24.0 Å². The molecule has 2 fully saturated rings. The third-order valence-electron chi connectivity index (χ3n) is 6.18. The van der Waals surface area contributed by atoms with Crippen LogP contribution in [-0.2, 0) is 11.8 Å². The van der Waals surface area contributed by atoms with Crippen LogP contribution < -0.4 is 4.90 Å². The normalized spacial score (nSPS) is 19.4. The van der Waals surface area contributed by atoms with Crippen molar-refractivity contribution in [3.8, 4) is 0 Å². The summed E-state index contributed by atoms with van der Waals surface area (Å²) in [7, 11) is 1.92. The molecule has 0 N–H and O–H groups in total. The highest BCUT2D eigenvalue weighted by Crippen LogP contribution is 2.42. The highest BCUT2D eigenvalue weighted by Gasteiger charge is 2.34. The molecule has 160 valence electrons. The van der Waals surface area contributed by atoms with Gasteiger partial charge in [-0.2, -0.15) is 5.10 Å². The number of aromatic nitrogens is 2. The molecular formula is C21H27N5O4. The number of benzene rings is 1. The number of nitrogens with zero attached hydrogens (tertiary/aromatic N) is 5. The Kier molecular flexibility index (Phi) is 5.46. The van der Waals surface area contributed by atoms with Gasteiger partial charge in [0, 0.05) is 49.6 Å². The van der Waals surface area contributed by atoms with Crippen molar-refractivity contribution >= 4 is 17.3 Å². The zero-order valence-electron chi connectivity index (χ0n) is 17.6. The lowest BCUT2D eigenvalue weighted by molar-refractivity contribution is -0.384. The summed E-state index contributed by atoms with van der Waals surface area (Å²) in [5.74, 6) is -0.190. The van der Waals surface area contributed by atoms with Gasteiger partial charge in [-0.15, -0.1) is 0 Å². The van der Waals surface area contributed by atoms with E-state index < -0.39 is 0 Å². The van der Waals surface area contributed by atoms with Crippen molar-refractivity contribution in [2.24, 2.45) is 7.05 Å². The number of ether oxygens (including phenoxy) is 1. The summed E-state index contributed by atoms with van der Waals surface area (Å²) >= 11 is 0. The fraction of sp³-hybridized carbons (Fsp3) is 0.524. The standard InChI is InChI=1S/C21H27N5O4/c1-14-20(15(2)23(3)22-14)18-5-4-8-25(18)17-7-6-16(13-19(17)26(28)29)21(27)24-9-11-30-12-10-24/h6-7,13,18H,4-5,8-12H2,1-3H3. The topological polar surface area (TPSA) is 93.7 Å². The molecule has 4 rings (SSSR count). The van der Waals surface area contributed by atoms with Crippen molar-refractivity contribution in [1.29, 1.82) is 0 Å². The van der Waals surface area contributed by atoms with E-state index in [0.717, 1.165) is 36.3 Å². The second-order valence-electron chi connectivity index (χ2n) is 7.92. The van der Waals surface area contributed by atoms with Crippen molar-refractivity contribution < 1.29 is 14.5 Å². The molecule has 3 heterocycles. The van der Waals surface area contributed by atoms with E-state index in [4.69, 9.17) is 4.74 Å². The predicted octanol–water partition coefficient (Wildman–Crippen LogP) is 2.76. The first-order valence-corrected chi connectivity index (χ1v) is 10.3. The van der Waals surface area contributed by atoms with Crippen molar-refractivity contribution in [3.63, 3.8) is 0 Å². The molecule has 0 aliphatic carbocycles. The maximum atomic E-state index is 12.8. The number of nitro benzene ring substituents is 1. The average molecular weight is 413 g/mol. The predicted molar refractivity (Wildman–Crippen MR) is 112 cm³/mol. The van der Waals surface area contributed by atoms with Crippen molar-refractivity contribution in [2.75, 3.05) is 37.7 Å². The van der Waals surface area contributed by atoms with Crippen LogP contribution in [0.25, 0.3) is 0 Å². The highest BCUT2D eigenvalue weighted by atomic mass is 16.6. The quantitative estimate of drug-likeness (QED) is 0.565. The van der Waals surface area contributed by atoms with Crippen LogP contribution in [0.4, 0.5) is 11.4 Å². The van der Waals surface area contributed by atoms with E-state index in [2.05, 4.69) is 10.00 Å². The SMILES string of the molecule is Cc1nn(C)c(C)c1C1CCCN1c1ccc(C(=O)N2CCOCC2)cc1[N+](=O)[O-]. The summed E-state index contributed by atoms with van der Waals surface area (Å²) in [6.45, 7) is 6.73. The molecule has 2 aromatic rings. The number of hydrogen-bond donors (Lipinski definition) is 0. The number of carbonyl (C=O) groups excluding carboxylic acids is 1. The first-order valence-electron chi connectivity index (χ1n) is 10.3. The molecule has 1 atom stereocenters. The van der Waals surface area contributed by atoms with Gasteiger partial charge in [-0.25, -0.2) is 0 Å². The molecule has 1 aromatic heterocycles. The van der Waals surface area contributed by atoms with Gasteiger partial charge >= 0.3 is 0 Å². The van der Waals surface area contributed by atoms with Crippen LogP contribution >= 0.6 is 0 Å². The summed E-state index contributed by atoms with van der Waals surface area (Å²) in [5.41, 5.74) is 4.04. The molecule has 2 saturated heterocycles. The molecule has 0 spiro atoms. The summed E-state index contributed by atoms with van der Waals surface area (Å²) in [6.07, 6.45) is 1.86. The van der Waals surface area contributed by atoms with Crippen LogP contribution in [0.1, 0.15) is 46.2 Å². The van der Waals surface area contributed by atoms with Gasteiger partial charge in [0.2, 0.25) is 0 Å². The molecule has 9 nitrogen and oxygen atoms in total.